The van der Waals surface area contributed by atoms with Crippen LogP contribution in [0.3, 0.4) is 0 Å². The van der Waals surface area contributed by atoms with Crippen molar-refractivity contribution >= 4 is 23.6 Å². The third-order valence-corrected chi connectivity index (χ3v) is 2.35. The number of anilines is 1. The molecule has 0 aliphatic carbocycles. The van der Waals surface area contributed by atoms with Gasteiger partial charge in [0.05, 0.1) is 10.5 Å². The molecule has 0 atom stereocenters. The molecule has 1 heterocycles. The van der Waals surface area contributed by atoms with Crippen LogP contribution in [-0.4, -0.2) is 20.8 Å². The number of nitrogens with one attached hydrogen (secondary N) is 1. The molecule has 0 aliphatic rings. The van der Waals surface area contributed by atoms with Gasteiger partial charge in [0.15, 0.2) is 0 Å². The number of benzene rings is 1. The fourth-order valence-corrected chi connectivity index (χ4v) is 1.48. The van der Waals surface area contributed by atoms with E-state index in [1.54, 1.807) is 24.3 Å². The van der Waals surface area contributed by atoms with Crippen LogP contribution in [0.1, 0.15) is 5.56 Å². The molecule has 0 aliphatic heterocycles. The Morgan fingerprint density at radius 1 is 1.20 bits per heavy atom. The van der Waals surface area contributed by atoms with Crippen LogP contribution in [0, 0.1) is 10.1 Å². The van der Waals surface area contributed by atoms with Crippen molar-refractivity contribution < 1.29 is 9.72 Å². The zero-order valence-corrected chi connectivity index (χ0v) is 10.3. The van der Waals surface area contributed by atoms with Crippen molar-refractivity contribution in [3.05, 3.63) is 64.5 Å². The molecule has 0 radical (unpaired) electrons. The lowest BCUT2D eigenvalue weighted by Gasteiger charge is -1.99. The van der Waals surface area contributed by atoms with E-state index in [-0.39, 0.29) is 11.6 Å². The molecule has 20 heavy (non-hydrogen) atoms. The minimum absolute atomic E-state index is 0.0625. The number of hydrogen-bond donors (Lipinski definition) is 1. The predicted octanol–water partition coefficient (Wildman–Crippen LogP) is 2.04. The summed E-state index contributed by atoms with van der Waals surface area (Å²) >= 11 is 0. The summed E-state index contributed by atoms with van der Waals surface area (Å²) in [4.78, 5) is 29.6. The first kappa shape index (κ1) is 13.3. The number of para-hydroxylation sites is 1. The van der Waals surface area contributed by atoms with Gasteiger partial charge in [-0.25, -0.2) is 9.97 Å². The topological polar surface area (TPSA) is 98.0 Å². The van der Waals surface area contributed by atoms with Crippen LogP contribution >= 0.6 is 0 Å². The lowest BCUT2D eigenvalue weighted by molar-refractivity contribution is -0.385. The standard InChI is InChI=1S/C13H10N4O3/c18-12(16-13-14-8-3-9-15-13)7-6-10-4-1-2-5-11(10)17(19)20/h1-9H,(H,14,15,16,18). The molecule has 0 saturated carbocycles. The van der Waals surface area contributed by atoms with Crippen molar-refractivity contribution in [2.45, 2.75) is 0 Å². The molecule has 0 unspecified atom stereocenters. The zero-order chi connectivity index (χ0) is 14.4. The van der Waals surface area contributed by atoms with Crippen LogP contribution in [0.5, 0.6) is 0 Å². The summed E-state index contributed by atoms with van der Waals surface area (Å²) in [5.41, 5.74) is 0.286. The maximum absolute atomic E-state index is 11.6. The third-order valence-electron chi connectivity index (χ3n) is 2.35. The van der Waals surface area contributed by atoms with E-state index < -0.39 is 10.8 Å². The van der Waals surface area contributed by atoms with Gasteiger partial charge in [-0.1, -0.05) is 12.1 Å². The van der Waals surface area contributed by atoms with Gasteiger partial charge in [-0.15, -0.1) is 0 Å². The van der Waals surface area contributed by atoms with Crippen LogP contribution in [0.4, 0.5) is 11.6 Å². The average molecular weight is 270 g/mol. The summed E-state index contributed by atoms with van der Waals surface area (Å²) in [6.07, 6.45) is 5.55. The molecule has 1 aromatic carbocycles. The molecule has 2 aromatic rings. The van der Waals surface area contributed by atoms with Gasteiger partial charge in [0, 0.05) is 24.5 Å². The van der Waals surface area contributed by atoms with Crippen LogP contribution < -0.4 is 5.32 Å². The van der Waals surface area contributed by atoms with Gasteiger partial charge in [-0.05, 0) is 18.2 Å². The number of amides is 1. The van der Waals surface area contributed by atoms with Crippen molar-refractivity contribution in [2.24, 2.45) is 0 Å². The molecule has 0 bridgehead atoms. The van der Waals surface area contributed by atoms with E-state index in [9.17, 15) is 14.9 Å². The van der Waals surface area contributed by atoms with Gasteiger partial charge >= 0.3 is 0 Å². The SMILES string of the molecule is O=C(C=Cc1ccccc1[N+](=O)[O-])Nc1ncccn1. The second kappa shape index (κ2) is 6.19. The molecular formula is C13H10N4O3. The third kappa shape index (κ3) is 3.45. The van der Waals surface area contributed by atoms with Crippen molar-refractivity contribution in [3.63, 3.8) is 0 Å². The molecule has 0 fully saturated rings. The number of hydrogen-bond acceptors (Lipinski definition) is 5. The monoisotopic (exact) mass is 270 g/mol. The van der Waals surface area contributed by atoms with Gasteiger partial charge in [0.1, 0.15) is 0 Å². The molecule has 2 rings (SSSR count). The first-order valence-electron chi connectivity index (χ1n) is 5.66. The molecule has 1 amide bonds. The van der Waals surface area contributed by atoms with Crippen molar-refractivity contribution in [1.82, 2.24) is 9.97 Å². The Bertz CT molecular complexity index is 656. The van der Waals surface area contributed by atoms with E-state index in [2.05, 4.69) is 15.3 Å². The Labute approximate surface area is 114 Å². The summed E-state index contributed by atoms with van der Waals surface area (Å²) in [6.45, 7) is 0. The highest BCUT2D eigenvalue weighted by Gasteiger charge is 2.09. The van der Waals surface area contributed by atoms with Gasteiger partial charge in [0.25, 0.3) is 11.6 Å². The highest BCUT2D eigenvalue weighted by atomic mass is 16.6. The lowest BCUT2D eigenvalue weighted by atomic mass is 10.1. The molecule has 1 N–H and O–H groups in total. The first-order valence-corrected chi connectivity index (χ1v) is 5.66. The van der Waals surface area contributed by atoms with E-state index in [1.807, 2.05) is 0 Å². The highest BCUT2D eigenvalue weighted by Crippen LogP contribution is 2.18. The van der Waals surface area contributed by atoms with E-state index in [0.29, 0.717) is 5.56 Å². The average Bonchev–Trinajstić information content (AvgIpc) is 2.46. The van der Waals surface area contributed by atoms with E-state index in [1.165, 1.54) is 30.6 Å². The van der Waals surface area contributed by atoms with Crippen LogP contribution in [0.25, 0.3) is 6.08 Å². The van der Waals surface area contributed by atoms with E-state index >= 15 is 0 Å². The quantitative estimate of drug-likeness (QED) is 0.520. The van der Waals surface area contributed by atoms with Crippen molar-refractivity contribution in [1.29, 1.82) is 0 Å². The van der Waals surface area contributed by atoms with Crippen molar-refractivity contribution in [2.75, 3.05) is 5.32 Å². The summed E-state index contributed by atoms with van der Waals surface area (Å²) in [5.74, 6) is -0.293. The van der Waals surface area contributed by atoms with Gasteiger partial charge in [0.2, 0.25) is 5.95 Å². The second-order valence-corrected chi connectivity index (χ2v) is 3.71. The Kier molecular flexibility index (Phi) is 4.13. The van der Waals surface area contributed by atoms with E-state index in [0.717, 1.165) is 0 Å². The van der Waals surface area contributed by atoms with E-state index in [4.69, 9.17) is 0 Å². The molecule has 7 heteroatoms. The van der Waals surface area contributed by atoms with Gasteiger partial charge < -0.3 is 0 Å². The molecular weight excluding hydrogens is 260 g/mol. The number of nitrogens with zero attached hydrogens (tertiary/aromatic N) is 3. The minimum Gasteiger partial charge on any atom is -0.291 e. The smallest absolute Gasteiger partial charge is 0.276 e. The molecule has 100 valence electrons. The maximum atomic E-state index is 11.6. The lowest BCUT2D eigenvalue weighted by Crippen LogP contribution is -2.10. The fourth-order valence-electron chi connectivity index (χ4n) is 1.48. The van der Waals surface area contributed by atoms with Gasteiger partial charge in [-0.3, -0.25) is 20.2 Å². The number of carbonyl (C=O) groups excluding carboxylic acids is 1. The molecule has 0 spiro atoms. The number of carbonyl (C=O) groups is 1. The number of nitro benzene ring substituents is 1. The van der Waals surface area contributed by atoms with Crippen LogP contribution in [0.15, 0.2) is 48.8 Å². The number of aromatic nitrogens is 2. The Morgan fingerprint density at radius 2 is 1.90 bits per heavy atom. The molecule has 0 saturated heterocycles. The fraction of sp³-hybridized carbons (Fsp3) is 0. The number of nitro groups is 1. The molecule has 1 aromatic heterocycles. The maximum Gasteiger partial charge on any atom is 0.276 e. The zero-order valence-electron chi connectivity index (χ0n) is 10.3. The normalized spacial score (nSPS) is 10.4. The largest absolute Gasteiger partial charge is 0.291 e. The second-order valence-electron chi connectivity index (χ2n) is 3.71. The first-order chi connectivity index (χ1) is 9.66. The Hall–Kier alpha value is -3.09. The van der Waals surface area contributed by atoms with Crippen LogP contribution in [-0.2, 0) is 4.79 Å². The van der Waals surface area contributed by atoms with Crippen LogP contribution in [0.2, 0.25) is 0 Å². The Morgan fingerprint density at radius 3 is 2.60 bits per heavy atom. The van der Waals surface area contributed by atoms with Crippen molar-refractivity contribution in [3.8, 4) is 0 Å². The highest BCUT2D eigenvalue weighted by molar-refractivity contribution is 6.01. The number of rotatable bonds is 4. The summed E-state index contributed by atoms with van der Waals surface area (Å²) < 4.78 is 0. The minimum atomic E-state index is -0.502. The summed E-state index contributed by atoms with van der Waals surface area (Å²) in [5, 5.41) is 13.3. The summed E-state index contributed by atoms with van der Waals surface area (Å²) in [6, 6.07) is 7.77. The summed E-state index contributed by atoms with van der Waals surface area (Å²) in [7, 11) is 0. The predicted molar refractivity (Wildman–Crippen MR) is 72.8 cm³/mol. The van der Waals surface area contributed by atoms with Gasteiger partial charge in [-0.2, -0.15) is 0 Å². The molecule has 7 nitrogen and oxygen atoms in total. The Balaban J connectivity index is 2.10.